The molecule has 0 aromatic heterocycles. The maximum Gasteiger partial charge on any atom is 0.305 e. The molecule has 112 valence electrons. The van der Waals surface area contributed by atoms with Gasteiger partial charge >= 0.3 is 5.97 Å². The van der Waals surface area contributed by atoms with E-state index in [1.807, 2.05) is 6.92 Å². The number of methoxy groups -OCH3 is 2. The van der Waals surface area contributed by atoms with Gasteiger partial charge in [-0.1, -0.05) is 6.92 Å². The summed E-state index contributed by atoms with van der Waals surface area (Å²) in [6, 6.07) is 4.45. The normalized spacial score (nSPS) is 13.6. The predicted octanol–water partition coefficient (Wildman–Crippen LogP) is 1.19. The van der Waals surface area contributed by atoms with Crippen molar-refractivity contribution in [1.29, 1.82) is 0 Å². The van der Waals surface area contributed by atoms with Crippen molar-refractivity contribution in [2.45, 2.75) is 25.5 Å². The second-order valence-corrected chi connectivity index (χ2v) is 4.31. The number of hydrogen-bond donors (Lipinski definition) is 3. The van der Waals surface area contributed by atoms with Crippen LogP contribution in [0, 0.1) is 0 Å². The van der Waals surface area contributed by atoms with Gasteiger partial charge in [0.15, 0.2) is 0 Å². The van der Waals surface area contributed by atoms with Crippen molar-refractivity contribution in [2.24, 2.45) is 0 Å². The Kier molecular flexibility index (Phi) is 6.27. The van der Waals surface area contributed by atoms with Crippen molar-refractivity contribution in [3.05, 3.63) is 23.8 Å². The Morgan fingerprint density at radius 2 is 2.05 bits per heavy atom. The molecule has 2 unspecified atom stereocenters. The van der Waals surface area contributed by atoms with Gasteiger partial charge < -0.3 is 25.0 Å². The lowest BCUT2D eigenvalue weighted by molar-refractivity contribution is -0.138. The Balaban J connectivity index is 3.07. The van der Waals surface area contributed by atoms with E-state index in [1.54, 1.807) is 18.2 Å². The second kappa shape index (κ2) is 7.72. The Labute approximate surface area is 118 Å². The third-order valence-corrected chi connectivity index (χ3v) is 3.00. The maximum atomic E-state index is 10.9. The average molecular weight is 283 g/mol. The number of aliphatic carboxylic acids is 1. The van der Waals surface area contributed by atoms with Crippen LogP contribution in [0.3, 0.4) is 0 Å². The predicted molar refractivity (Wildman–Crippen MR) is 74.2 cm³/mol. The van der Waals surface area contributed by atoms with Gasteiger partial charge in [-0.3, -0.25) is 4.79 Å². The van der Waals surface area contributed by atoms with Crippen molar-refractivity contribution in [3.8, 4) is 11.5 Å². The number of carboxylic acids is 1. The van der Waals surface area contributed by atoms with Crippen LogP contribution >= 0.6 is 0 Å². The topological polar surface area (TPSA) is 88.0 Å². The van der Waals surface area contributed by atoms with Gasteiger partial charge in [-0.2, -0.15) is 0 Å². The zero-order valence-corrected chi connectivity index (χ0v) is 11.9. The van der Waals surface area contributed by atoms with Gasteiger partial charge in [0.2, 0.25) is 0 Å². The molecule has 2 atom stereocenters. The van der Waals surface area contributed by atoms with Gasteiger partial charge in [-0.05, 0) is 24.7 Å². The number of aliphatic hydroxyl groups excluding tert-OH is 1. The average Bonchev–Trinajstić information content (AvgIpc) is 2.44. The number of hydrogen-bond acceptors (Lipinski definition) is 5. The van der Waals surface area contributed by atoms with Gasteiger partial charge in [0.05, 0.1) is 26.7 Å². The summed E-state index contributed by atoms with van der Waals surface area (Å²) < 4.78 is 10.3. The molecule has 0 spiro atoms. The number of benzene rings is 1. The first kappa shape index (κ1) is 16.3. The lowest BCUT2D eigenvalue weighted by atomic mass is 9.98. The first-order valence-electron chi connectivity index (χ1n) is 6.38. The highest BCUT2D eigenvalue weighted by Crippen LogP contribution is 2.31. The number of aliphatic hydroxyl groups is 1. The molecule has 6 heteroatoms. The Morgan fingerprint density at radius 1 is 1.35 bits per heavy atom. The van der Waals surface area contributed by atoms with Gasteiger partial charge in [0, 0.05) is 11.6 Å². The van der Waals surface area contributed by atoms with E-state index in [1.165, 1.54) is 14.2 Å². The molecule has 0 amide bonds. The van der Waals surface area contributed by atoms with Crippen LogP contribution in [0.4, 0.5) is 0 Å². The van der Waals surface area contributed by atoms with E-state index in [0.29, 0.717) is 23.6 Å². The molecule has 1 rings (SSSR count). The number of likely N-dealkylation sites (N-methyl/N-ethyl adjacent to an activating group) is 1. The molecule has 20 heavy (non-hydrogen) atoms. The molecule has 0 fully saturated rings. The summed E-state index contributed by atoms with van der Waals surface area (Å²) in [4.78, 5) is 10.9. The first-order chi connectivity index (χ1) is 9.53. The number of carboxylic acid groups (broad SMARTS) is 1. The van der Waals surface area contributed by atoms with Crippen LogP contribution in [0.5, 0.6) is 11.5 Å². The molecule has 0 saturated carbocycles. The molecule has 0 bridgehead atoms. The molecular formula is C14H21NO5. The summed E-state index contributed by atoms with van der Waals surface area (Å²) in [5.41, 5.74) is 0.499. The maximum absolute atomic E-state index is 10.9. The van der Waals surface area contributed by atoms with Gasteiger partial charge in [-0.15, -0.1) is 0 Å². The number of rotatable bonds is 8. The highest BCUT2D eigenvalue weighted by Gasteiger charge is 2.25. The number of carbonyl (C=O) groups is 1. The van der Waals surface area contributed by atoms with Gasteiger partial charge in [0.1, 0.15) is 11.5 Å². The van der Waals surface area contributed by atoms with Gasteiger partial charge in [0.25, 0.3) is 0 Å². The third kappa shape index (κ3) is 4.11. The van der Waals surface area contributed by atoms with Crippen molar-refractivity contribution in [1.82, 2.24) is 5.32 Å². The SMILES string of the molecule is CCNC(CC(=O)O)C(O)c1cc(OC)ccc1OC. The van der Waals surface area contributed by atoms with Crippen LogP contribution in [-0.4, -0.2) is 43.0 Å². The Hall–Kier alpha value is -1.79. The van der Waals surface area contributed by atoms with Crippen LogP contribution in [0.1, 0.15) is 25.0 Å². The molecule has 0 saturated heterocycles. The molecule has 0 radical (unpaired) electrons. The fourth-order valence-electron chi connectivity index (χ4n) is 2.03. The van der Waals surface area contributed by atoms with Crippen molar-refractivity contribution < 1.29 is 24.5 Å². The molecule has 0 aliphatic heterocycles. The quantitative estimate of drug-likeness (QED) is 0.664. The van der Waals surface area contributed by atoms with Crippen molar-refractivity contribution >= 4 is 5.97 Å². The molecule has 6 nitrogen and oxygen atoms in total. The van der Waals surface area contributed by atoms with Gasteiger partial charge in [-0.25, -0.2) is 0 Å². The second-order valence-electron chi connectivity index (χ2n) is 4.31. The largest absolute Gasteiger partial charge is 0.497 e. The molecular weight excluding hydrogens is 262 g/mol. The van der Waals surface area contributed by atoms with Crippen LogP contribution in [-0.2, 0) is 4.79 Å². The zero-order valence-electron chi connectivity index (χ0n) is 11.9. The summed E-state index contributed by atoms with van der Waals surface area (Å²) in [5.74, 6) is 0.0916. The van der Waals surface area contributed by atoms with E-state index >= 15 is 0 Å². The smallest absolute Gasteiger partial charge is 0.305 e. The Bertz CT molecular complexity index is 449. The van der Waals surface area contributed by atoms with E-state index in [2.05, 4.69) is 5.32 Å². The molecule has 3 N–H and O–H groups in total. The van der Waals surface area contributed by atoms with E-state index in [-0.39, 0.29) is 6.42 Å². The molecule has 1 aromatic carbocycles. The highest BCUT2D eigenvalue weighted by molar-refractivity contribution is 5.67. The van der Waals surface area contributed by atoms with E-state index in [0.717, 1.165) is 0 Å². The fourth-order valence-corrected chi connectivity index (χ4v) is 2.03. The lowest BCUT2D eigenvalue weighted by Crippen LogP contribution is -2.37. The summed E-state index contributed by atoms with van der Waals surface area (Å²) in [5, 5.41) is 22.3. The summed E-state index contributed by atoms with van der Waals surface area (Å²) in [6.07, 6.45) is -1.19. The van der Waals surface area contributed by atoms with E-state index < -0.39 is 18.1 Å². The van der Waals surface area contributed by atoms with Crippen LogP contribution in [0.15, 0.2) is 18.2 Å². The third-order valence-electron chi connectivity index (χ3n) is 3.00. The van der Waals surface area contributed by atoms with Crippen LogP contribution in [0.2, 0.25) is 0 Å². The minimum absolute atomic E-state index is 0.185. The summed E-state index contributed by atoms with van der Waals surface area (Å²) in [6.45, 7) is 2.41. The minimum Gasteiger partial charge on any atom is -0.497 e. The zero-order chi connectivity index (χ0) is 15.1. The Morgan fingerprint density at radius 3 is 2.55 bits per heavy atom. The number of nitrogens with one attached hydrogen (secondary N) is 1. The monoisotopic (exact) mass is 283 g/mol. The first-order valence-corrected chi connectivity index (χ1v) is 6.38. The molecule has 0 aliphatic carbocycles. The molecule has 0 aliphatic rings. The van der Waals surface area contributed by atoms with Crippen molar-refractivity contribution in [3.63, 3.8) is 0 Å². The minimum atomic E-state index is -1.00. The fraction of sp³-hybridized carbons (Fsp3) is 0.500. The summed E-state index contributed by atoms with van der Waals surface area (Å²) >= 11 is 0. The van der Waals surface area contributed by atoms with Crippen LogP contribution < -0.4 is 14.8 Å². The van der Waals surface area contributed by atoms with Crippen molar-refractivity contribution in [2.75, 3.05) is 20.8 Å². The standard InChI is InChI=1S/C14H21NO5/c1-4-15-11(8-13(16)17)14(18)10-7-9(19-2)5-6-12(10)20-3/h5-7,11,14-15,18H,4,8H2,1-3H3,(H,16,17). The summed E-state index contributed by atoms with van der Waals surface area (Å²) in [7, 11) is 3.02. The number of ether oxygens (including phenoxy) is 2. The van der Waals surface area contributed by atoms with E-state index in [4.69, 9.17) is 14.6 Å². The lowest BCUT2D eigenvalue weighted by Gasteiger charge is -2.24. The molecule has 1 aromatic rings. The molecule has 0 heterocycles. The highest BCUT2D eigenvalue weighted by atomic mass is 16.5. The van der Waals surface area contributed by atoms with Crippen LogP contribution in [0.25, 0.3) is 0 Å². The van der Waals surface area contributed by atoms with E-state index in [9.17, 15) is 9.90 Å².